The fraction of sp³-hybridized carbons (Fsp3) is 0.800. The Hall–Kier alpha value is -0.740. The molecule has 0 bridgehead atoms. The van der Waals surface area contributed by atoms with Gasteiger partial charge in [0.2, 0.25) is 6.08 Å². The van der Waals surface area contributed by atoms with Gasteiger partial charge in [0.05, 0.1) is 6.54 Å². The van der Waals surface area contributed by atoms with Gasteiger partial charge in [0.15, 0.2) is 0 Å². The minimum absolute atomic E-state index is 0.173. The molecule has 0 aromatic heterocycles. The number of hydrogen-bond donors (Lipinski definition) is 0. The molecular formula is C10H18NO4. The molecule has 0 aliphatic heterocycles. The molecule has 0 spiro atoms. The van der Waals surface area contributed by atoms with Crippen LogP contribution in [0.2, 0.25) is 0 Å². The number of carbonyl (C=O) groups excluding carboxylic acids is 1. The van der Waals surface area contributed by atoms with Crippen LogP contribution in [-0.4, -0.2) is 38.5 Å². The highest BCUT2D eigenvalue weighted by Crippen LogP contribution is 2.14. The second-order valence-corrected chi connectivity index (χ2v) is 2.56. The molecule has 0 aliphatic carbocycles. The summed E-state index contributed by atoms with van der Waals surface area (Å²) in [6, 6.07) is 0. The first-order valence-electron chi connectivity index (χ1n) is 5.07. The van der Waals surface area contributed by atoms with Gasteiger partial charge in [-0.15, -0.1) is 0 Å². The summed E-state index contributed by atoms with van der Waals surface area (Å²) in [5.74, 6) is 0. The van der Waals surface area contributed by atoms with Crippen LogP contribution in [0.1, 0.15) is 20.8 Å². The second kappa shape index (κ2) is 9.80. The van der Waals surface area contributed by atoms with Crippen molar-refractivity contribution in [1.82, 2.24) is 0 Å². The molecule has 0 aromatic carbocycles. The highest BCUT2D eigenvalue weighted by molar-refractivity contribution is 5.33. The third kappa shape index (κ3) is 6.36. The van der Waals surface area contributed by atoms with Crippen molar-refractivity contribution in [1.29, 1.82) is 0 Å². The Kier molecular flexibility index (Phi) is 9.32. The third-order valence-corrected chi connectivity index (χ3v) is 1.53. The lowest BCUT2D eigenvalue weighted by atomic mass is 10.3. The predicted octanol–water partition coefficient (Wildman–Crippen LogP) is 1.29. The number of hydrogen-bond acceptors (Lipinski definition) is 5. The van der Waals surface area contributed by atoms with E-state index in [2.05, 4.69) is 4.99 Å². The zero-order valence-electron chi connectivity index (χ0n) is 9.49. The molecule has 87 valence electrons. The first kappa shape index (κ1) is 14.3. The maximum absolute atomic E-state index is 10.0. The molecule has 0 rings (SSSR count). The first-order chi connectivity index (χ1) is 7.29. The number of ether oxygens (including phenoxy) is 3. The van der Waals surface area contributed by atoms with Crippen LogP contribution in [0.15, 0.2) is 4.99 Å². The minimum Gasteiger partial charge on any atom is -0.371 e. The summed E-state index contributed by atoms with van der Waals surface area (Å²) in [5, 5.41) is 0. The zero-order valence-corrected chi connectivity index (χ0v) is 9.49. The number of aliphatic imine (C=N–C) groups is 1. The lowest BCUT2D eigenvalue weighted by Gasteiger charge is -2.22. The van der Waals surface area contributed by atoms with Gasteiger partial charge in [0, 0.05) is 19.8 Å². The van der Waals surface area contributed by atoms with E-state index in [0.29, 0.717) is 26.1 Å². The van der Waals surface area contributed by atoms with Crippen molar-refractivity contribution < 1.29 is 19.0 Å². The van der Waals surface area contributed by atoms with E-state index in [1.807, 2.05) is 20.8 Å². The summed E-state index contributed by atoms with van der Waals surface area (Å²) in [6.07, 6.45) is 1.41. The van der Waals surface area contributed by atoms with Crippen LogP contribution in [0, 0.1) is 6.29 Å². The summed E-state index contributed by atoms with van der Waals surface area (Å²) < 4.78 is 15.9. The maximum Gasteiger partial charge on any atom is 0.255 e. The number of rotatable bonds is 9. The molecule has 0 aromatic rings. The van der Waals surface area contributed by atoms with Crippen LogP contribution >= 0.6 is 0 Å². The average molecular weight is 216 g/mol. The maximum atomic E-state index is 10.0. The van der Waals surface area contributed by atoms with E-state index in [-0.39, 0.29) is 6.54 Å². The lowest BCUT2D eigenvalue weighted by Crippen LogP contribution is -2.29. The number of isocyanates is 1. The molecule has 0 heterocycles. The van der Waals surface area contributed by atoms with E-state index in [1.54, 1.807) is 0 Å². The molecule has 1 radical (unpaired) electrons. The van der Waals surface area contributed by atoms with Crippen molar-refractivity contribution in [2.24, 2.45) is 4.99 Å². The van der Waals surface area contributed by atoms with Crippen LogP contribution < -0.4 is 0 Å². The Morgan fingerprint density at radius 1 is 1.20 bits per heavy atom. The van der Waals surface area contributed by atoms with Crippen molar-refractivity contribution in [2.45, 2.75) is 26.9 Å². The van der Waals surface area contributed by atoms with Crippen LogP contribution in [-0.2, 0) is 19.0 Å². The van der Waals surface area contributed by atoms with Gasteiger partial charge in [0.1, 0.15) is 6.10 Å². The first-order valence-corrected chi connectivity index (χ1v) is 5.07. The van der Waals surface area contributed by atoms with E-state index in [9.17, 15) is 4.79 Å². The predicted molar refractivity (Wildman–Crippen MR) is 54.9 cm³/mol. The zero-order chi connectivity index (χ0) is 11.5. The highest BCUT2D eigenvalue weighted by atomic mass is 16.7. The Bertz CT molecular complexity index is 186. The summed E-state index contributed by atoms with van der Waals surface area (Å²) in [5.41, 5.74) is 0. The summed E-state index contributed by atoms with van der Waals surface area (Å²) in [7, 11) is 0. The fourth-order valence-electron chi connectivity index (χ4n) is 1.03. The third-order valence-electron chi connectivity index (χ3n) is 1.53. The van der Waals surface area contributed by atoms with Gasteiger partial charge in [-0.2, -0.15) is 0 Å². The SMILES string of the molecule is CCO[C](OCC)C(CN=C=O)OCC. The Balaban J connectivity index is 4.27. The summed E-state index contributed by atoms with van der Waals surface area (Å²) >= 11 is 0. The quantitative estimate of drug-likeness (QED) is 0.430. The van der Waals surface area contributed by atoms with Crippen LogP contribution in [0.25, 0.3) is 0 Å². The highest BCUT2D eigenvalue weighted by Gasteiger charge is 2.24. The minimum atomic E-state index is -0.434. The molecular weight excluding hydrogens is 198 g/mol. The summed E-state index contributed by atoms with van der Waals surface area (Å²) in [6.45, 7) is 7.21. The van der Waals surface area contributed by atoms with Crippen LogP contribution in [0.4, 0.5) is 0 Å². The molecule has 5 nitrogen and oxygen atoms in total. The Morgan fingerprint density at radius 3 is 2.20 bits per heavy atom. The van der Waals surface area contributed by atoms with Gasteiger partial charge >= 0.3 is 0 Å². The smallest absolute Gasteiger partial charge is 0.255 e. The molecule has 0 N–H and O–H groups in total. The molecule has 0 fully saturated rings. The van der Waals surface area contributed by atoms with Gasteiger partial charge in [-0.1, -0.05) is 0 Å². The van der Waals surface area contributed by atoms with Crippen LogP contribution in [0.5, 0.6) is 0 Å². The van der Waals surface area contributed by atoms with Crippen molar-refractivity contribution >= 4 is 6.08 Å². The molecule has 0 amide bonds. The summed E-state index contributed by atoms with van der Waals surface area (Å²) in [4.78, 5) is 13.5. The van der Waals surface area contributed by atoms with E-state index < -0.39 is 6.10 Å². The van der Waals surface area contributed by atoms with Crippen molar-refractivity contribution in [2.75, 3.05) is 26.4 Å². The average Bonchev–Trinajstić information content (AvgIpc) is 2.24. The van der Waals surface area contributed by atoms with Crippen molar-refractivity contribution in [3.8, 4) is 0 Å². The molecule has 1 unspecified atom stereocenters. The largest absolute Gasteiger partial charge is 0.371 e. The molecule has 0 aliphatic rings. The van der Waals surface area contributed by atoms with E-state index >= 15 is 0 Å². The van der Waals surface area contributed by atoms with E-state index in [4.69, 9.17) is 14.2 Å². The Morgan fingerprint density at radius 2 is 1.80 bits per heavy atom. The molecule has 0 saturated heterocycles. The van der Waals surface area contributed by atoms with Gasteiger partial charge in [-0.3, -0.25) is 0 Å². The second-order valence-electron chi connectivity index (χ2n) is 2.56. The normalized spacial score (nSPS) is 12.5. The van der Waals surface area contributed by atoms with Gasteiger partial charge in [-0.25, -0.2) is 9.79 Å². The molecule has 1 atom stereocenters. The van der Waals surface area contributed by atoms with Crippen molar-refractivity contribution in [3.05, 3.63) is 6.29 Å². The van der Waals surface area contributed by atoms with Gasteiger partial charge < -0.3 is 14.2 Å². The monoisotopic (exact) mass is 216 g/mol. The van der Waals surface area contributed by atoms with Gasteiger partial charge in [-0.05, 0) is 20.8 Å². The standard InChI is InChI=1S/C10H18NO4/c1-4-13-9(7-11-8-12)10(14-5-2)15-6-3/h9H,4-7H2,1-3H3. The molecule has 0 saturated carbocycles. The lowest BCUT2D eigenvalue weighted by molar-refractivity contribution is -0.113. The molecule has 5 heteroatoms. The van der Waals surface area contributed by atoms with Crippen molar-refractivity contribution in [3.63, 3.8) is 0 Å². The molecule has 15 heavy (non-hydrogen) atoms. The van der Waals surface area contributed by atoms with Crippen LogP contribution in [0.3, 0.4) is 0 Å². The topological polar surface area (TPSA) is 57.1 Å². The number of nitrogens with zero attached hydrogens (tertiary/aromatic N) is 1. The Labute approximate surface area is 90.4 Å². The van der Waals surface area contributed by atoms with Gasteiger partial charge in [0.25, 0.3) is 6.29 Å². The van der Waals surface area contributed by atoms with E-state index in [1.165, 1.54) is 6.08 Å². The fourth-order valence-corrected chi connectivity index (χ4v) is 1.03. The van der Waals surface area contributed by atoms with E-state index in [0.717, 1.165) is 0 Å².